The first-order valence-corrected chi connectivity index (χ1v) is 12.0. The number of ether oxygens (including phenoxy) is 1. The van der Waals surface area contributed by atoms with Crippen molar-refractivity contribution in [2.45, 2.75) is 32.5 Å². The Morgan fingerprint density at radius 2 is 1.73 bits per heavy atom. The number of fused-ring (bicyclic) bond motifs is 1. The molecule has 1 aliphatic heterocycles. The van der Waals surface area contributed by atoms with Crippen LogP contribution in [0, 0.1) is 0 Å². The van der Waals surface area contributed by atoms with Gasteiger partial charge in [-0.05, 0) is 57.2 Å². The SMILES string of the molecule is CC(C)(C)OC(=O)N(C(=O)c1cccc(C(F)(F)F)c1)c1cccc(C2=CC[N+](C(=O)[O-])(C(=O)O)c3ccnn32)c1. The quantitative estimate of drug-likeness (QED) is 0.445. The highest BCUT2D eigenvalue weighted by molar-refractivity contribution is 6.19. The summed E-state index contributed by atoms with van der Waals surface area (Å²) in [6, 6.07) is 10.4. The van der Waals surface area contributed by atoms with Crippen molar-refractivity contribution in [2.75, 3.05) is 11.4 Å². The minimum Gasteiger partial charge on any atom is -0.497 e. The normalized spacial score (nSPS) is 16.8. The molecule has 214 valence electrons. The topological polar surface area (TPSA) is 142 Å². The highest BCUT2D eigenvalue weighted by Gasteiger charge is 2.47. The summed E-state index contributed by atoms with van der Waals surface area (Å²) in [6.07, 6.45) is -7.02. The molecule has 0 aliphatic carbocycles. The molecular weight excluding hydrogens is 549 g/mol. The van der Waals surface area contributed by atoms with E-state index in [1.807, 2.05) is 0 Å². The van der Waals surface area contributed by atoms with Gasteiger partial charge in [0.05, 0.1) is 23.1 Å². The zero-order chi connectivity index (χ0) is 30.3. The van der Waals surface area contributed by atoms with Crippen molar-refractivity contribution in [2.24, 2.45) is 0 Å². The molecule has 1 N–H and O–H groups in total. The van der Waals surface area contributed by atoms with E-state index in [0.717, 1.165) is 22.9 Å². The van der Waals surface area contributed by atoms with E-state index in [-0.39, 0.29) is 22.8 Å². The van der Waals surface area contributed by atoms with Crippen LogP contribution in [0.3, 0.4) is 0 Å². The molecule has 0 saturated carbocycles. The molecule has 0 radical (unpaired) electrons. The number of carbonyl (C=O) groups is 4. The van der Waals surface area contributed by atoms with E-state index in [4.69, 9.17) is 4.74 Å². The van der Waals surface area contributed by atoms with Crippen molar-refractivity contribution >= 4 is 41.4 Å². The number of carboxylic acid groups (broad SMARTS) is 2. The monoisotopic (exact) mass is 572 g/mol. The first-order valence-electron chi connectivity index (χ1n) is 12.0. The number of quaternary nitrogens is 1. The highest BCUT2D eigenvalue weighted by Crippen LogP contribution is 2.35. The summed E-state index contributed by atoms with van der Waals surface area (Å²) in [4.78, 5) is 51.2. The van der Waals surface area contributed by atoms with Gasteiger partial charge in [-0.2, -0.15) is 27.7 Å². The largest absolute Gasteiger partial charge is 0.526 e. The summed E-state index contributed by atoms with van der Waals surface area (Å²) in [5.74, 6) is -1.34. The van der Waals surface area contributed by atoms with Crippen LogP contribution in [0.5, 0.6) is 0 Å². The lowest BCUT2D eigenvalue weighted by molar-refractivity contribution is -0.261. The molecule has 3 aromatic rings. The van der Waals surface area contributed by atoms with Crippen molar-refractivity contribution in [1.29, 1.82) is 0 Å². The molecular formula is C27H23F3N4O7. The van der Waals surface area contributed by atoms with Gasteiger partial charge in [0, 0.05) is 17.2 Å². The van der Waals surface area contributed by atoms with E-state index in [0.29, 0.717) is 11.0 Å². The van der Waals surface area contributed by atoms with E-state index in [2.05, 4.69) is 5.10 Å². The highest BCUT2D eigenvalue weighted by atomic mass is 19.4. The Labute approximate surface area is 230 Å². The molecule has 2 aromatic carbocycles. The fourth-order valence-corrected chi connectivity index (χ4v) is 4.21. The van der Waals surface area contributed by atoms with E-state index >= 15 is 0 Å². The summed E-state index contributed by atoms with van der Waals surface area (Å²) in [6.45, 7) is 4.08. The van der Waals surface area contributed by atoms with Gasteiger partial charge >= 0.3 is 18.4 Å². The van der Waals surface area contributed by atoms with Crippen molar-refractivity contribution in [3.05, 3.63) is 83.6 Å². The van der Waals surface area contributed by atoms with Gasteiger partial charge < -0.3 is 19.7 Å². The lowest BCUT2D eigenvalue weighted by atomic mass is 10.1. The Kier molecular flexibility index (Phi) is 7.22. The molecule has 0 spiro atoms. The van der Waals surface area contributed by atoms with Gasteiger partial charge in [0.1, 0.15) is 12.1 Å². The molecule has 1 aliphatic rings. The summed E-state index contributed by atoms with van der Waals surface area (Å²) >= 11 is 0. The molecule has 0 fully saturated rings. The van der Waals surface area contributed by atoms with E-state index < -0.39 is 58.1 Å². The molecule has 4 rings (SSSR count). The molecule has 14 heteroatoms. The first kappa shape index (κ1) is 29.0. The van der Waals surface area contributed by atoms with Crippen LogP contribution in [0.1, 0.15) is 42.3 Å². The van der Waals surface area contributed by atoms with Crippen molar-refractivity contribution in [1.82, 2.24) is 14.3 Å². The number of anilines is 1. The number of hydrogen-bond donors (Lipinski definition) is 1. The maximum Gasteiger partial charge on any atom is 0.526 e. The second-order valence-electron chi connectivity index (χ2n) is 9.98. The minimum absolute atomic E-state index is 0.0850. The second kappa shape index (κ2) is 10.2. The van der Waals surface area contributed by atoms with Crippen LogP contribution in [-0.2, 0) is 10.9 Å². The van der Waals surface area contributed by atoms with E-state index in [1.165, 1.54) is 42.6 Å². The number of imide groups is 2. The zero-order valence-electron chi connectivity index (χ0n) is 21.9. The van der Waals surface area contributed by atoms with Crippen LogP contribution in [0.25, 0.3) is 5.70 Å². The van der Waals surface area contributed by atoms with Crippen LogP contribution < -0.4 is 14.5 Å². The maximum atomic E-state index is 13.5. The first-order chi connectivity index (χ1) is 19.1. The van der Waals surface area contributed by atoms with Crippen LogP contribution >= 0.6 is 0 Å². The molecule has 0 bridgehead atoms. The standard InChI is InChI=1S/C27H23F3N4O7/c1-26(2,3)41-23(36)32(22(35)17-7-4-8-18(14-17)27(28,29)30)19-9-5-6-16(15-19)20-11-13-34(24(37)38,25(39)40)21-10-12-31-33(20)21/h4-12,14-15H,13H2,1-3H3,(H-,37,38,39,40). The maximum absolute atomic E-state index is 13.5. The summed E-state index contributed by atoms with van der Waals surface area (Å²) in [5.41, 5.74) is -2.18. The molecule has 2 heterocycles. The molecule has 0 saturated heterocycles. The zero-order valence-corrected chi connectivity index (χ0v) is 21.9. The number of aromatic nitrogens is 2. The number of amides is 4. The predicted octanol–water partition coefficient (Wildman–Crippen LogP) is 4.72. The number of nitrogens with zero attached hydrogens (tertiary/aromatic N) is 4. The number of hydrogen-bond acceptors (Lipinski definition) is 7. The summed E-state index contributed by atoms with van der Waals surface area (Å²) < 4.78 is 44.9. The fraction of sp³-hybridized carbons (Fsp3) is 0.222. The number of rotatable bonds is 3. The Balaban J connectivity index is 1.82. The molecule has 11 nitrogen and oxygen atoms in total. The van der Waals surface area contributed by atoms with Crippen LogP contribution in [0.4, 0.5) is 39.1 Å². The molecule has 41 heavy (non-hydrogen) atoms. The van der Waals surface area contributed by atoms with Crippen LogP contribution in [0.2, 0.25) is 0 Å². The van der Waals surface area contributed by atoms with Crippen molar-refractivity contribution < 1.29 is 47.3 Å². The van der Waals surface area contributed by atoms with Gasteiger partial charge in [-0.15, -0.1) is 4.48 Å². The summed E-state index contributed by atoms with van der Waals surface area (Å²) in [5, 5.41) is 25.6. The third-order valence-electron chi connectivity index (χ3n) is 6.05. The van der Waals surface area contributed by atoms with Gasteiger partial charge in [-0.25, -0.2) is 9.69 Å². The predicted molar refractivity (Wildman–Crippen MR) is 137 cm³/mol. The van der Waals surface area contributed by atoms with Crippen LogP contribution in [-0.4, -0.2) is 51.2 Å². The van der Waals surface area contributed by atoms with Gasteiger partial charge in [0.25, 0.3) is 12.0 Å². The Hall–Kier alpha value is -4.98. The lowest BCUT2D eigenvalue weighted by Crippen LogP contribution is -2.65. The van der Waals surface area contributed by atoms with Gasteiger partial charge in [0.15, 0.2) is 0 Å². The Morgan fingerprint density at radius 1 is 1.05 bits per heavy atom. The number of alkyl halides is 3. The third-order valence-corrected chi connectivity index (χ3v) is 6.05. The van der Waals surface area contributed by atoms with E-state index in [1.54, 1.807) is 20.8 Å². The number of benzene rings is 2. The van der Waals surface area contributed by atoms with Gasteiger partial charge in [-0.1, -0.05) is 18.2 Å². The second-order valence-corrected chi connectivity index (χ2v) is 9.98. The number of carbonyl (C=O) groups excluding carboxylic acids is 3. The average molecular weight is 572 g/mol. The molecule has 4 amide bonds. The Morgan fingerprint density at radius 3 is 2.34 bits per heavy atom. The van der Waals surface area contributed by atoms with Crippen molar-refractivity contribution in [3.8, 4) is 0 Å². The molecule has 1 unspecified atom stereocenters. The molecule has 1 atom stereocenters. The number of halogens is 3. The van der Waals surface area contributed by atoms with Crippen molar-refractivity contribution in [3.63, 3.8) is 0 Å². The fourth-order valence-electron chi connectivity index (χ4n) is 4.21. The third kappa shape index (κ3) is 5.41. The lowest BCUT2D eigenvalue weighted by Gasteiger charge is -2.33. The average Bonchev–Trinajstić information content (AvgIpc) is 3.37. The van der Waals surface area contributed by atoms with E-state index in [9.17, 15) is 42.6 Å². The molecule has 1 aromatic heterocycles. The summed E-state index contributed by atoms with van der Waals surface area (Å²) in [7, 11) is 0. The Bertz CT molecular complexity index is 1570. The van der Waals surface area contributed by atoms with Gasteiger partial charge in [0.2, 0.25) is 5.82 Å². The minimum atomic E-state index is -4.74. The van der Waals surface area contributed by atoms with Gasteiger partial charge in [-0.3, -0.25) is 4.79 Å². The smallest absolute Gasteiger partial charge is 0.497 e. The van der Waals surface area contributed by atoms with Crippen LogP contribution in [0.15, 0.2) is 66.9 Å².